The fourth-order valence-corrected chi connectivity index (χ4v) is 1.67. The van der Waals surface area contributed by atoms with Crippen molar-refractivity contribution in [2.45, 2.75) is 6.61 Å². The van der Waals surface area contributed by atoms with E-state index >= 15 is 0 Å². The maximum atomic E-state index is 11.8. The zero-order valence-corrected chi connectivity index (χ0v) is 8.23. The van der Waals surface area contributed by atoms with Crippen LogP contribution >= 0.6 is 9.07 Å². The predicted octanol–water partition coefficient (Wildman–Crippen LogP) is 1.77. The molecule has 0 saturated heterocycles. The van der Waals surface area contributed by atoms with Gasteiger partial charge in [-0.3, -0.25) is 0 Å². The van der Waals surface area contributed by atoms with Gasteiger partial charge in [0.15, 0.2) is 0 Å². The third kappa shape index (κ3) is 3.12. The van der Waals surface area contributed by atoms with Crippen LogP contribution in [0.5, 0.6) is 5.75 Å². The van der Waals surface area contributed by atoms with Crippen molar-refractivity contribution in [1.82, 2.24) is 0 Å². The Hall–Kier alpha value is -0.0638. The highest BCUT2D eigenvalue weighted by Crippen LogP contribution is 2.10. The topological polar surface area (TPSA) is 9.23 Å². The van der Waals surface area contributed by atoms with Crippen molar-refractivity contribution in [2.75, 3.05) is 0 Å². The lowest BCUT2D eigenvalue weighted by Crippen LogP contribution is -2.10. The Morgan fingerprint density at radius 3 is 2.92 bits per heavy atom. The van der Waals surface area contributed by atoms with E-state index < -0.39 is 25.9 Å². The first kappa shape index (κ1) is 8.53. The van der Waals surface area contributed by atoms with Crippen LogP contribution in [0, 0.1) is 0 Å². The summed E-state index contributed by atoms with van der Waals surface area (Å²) in [6.07, 6.45) is 0. The lowest BCUT2D eigenvalue weighted by atomic mass is 10.3. The lowest BCUT2D eigenvalue weighted by Gasteiger charge is -2.04. The molecule has 0 N–H and O–H groups in total. The zero-order chi connectivity index (χ0) is 9.84. The molecule has 0 aliphatic carbocycles. The van der Waals surface area contributed by atoms with E-state index in [1.54, 1.807) is 12.1 Å². The van der Waals surface area contributed by atoms with Gasteiger partial charge in [0.05, 0.1) is 1.37 Å². The molecule has 0 aliphatic rings. The molecule has 1 aromatic carbocycles. The summed E-state index contributed by atoms with van der Waals surface area (Å²) in [4.78, 5) is 0. The summed E-state index contributed by atoms with van der Waals surface area (Å²) in [7, 11) is 5.62. The number of hydrogen-bond acceptors (Lipinski definition) is 1. The van der Waals surface area contributed by atoms with Gasteiger partial charge in [-0.1, -0.05) is 12.1 Å². The molecule has 0 radical (unpaired) electrons. The highest BCUT2D eigenvalue weighted by molar-refractivity contribution is 7.01. The summed E-state index contributed by atoms with van der Waals surface area (Å²) in [5.41, 5.74) is 0. The zero-order valence-electron chi connectivity index (χ0n) is 7.06. The number of rotatable bonds is 3. The molecule has 0 heterocycles. The second kappa shape index (κ2) is 4.84. The maximum Gasteiger partial charge on any atom is 0.538 e. The van der Waals surface area contributed by atoms with Gasteiger partial charge < -0.3 is 13.8 Å². The maximum absolute atomic E-state index is 11.8. The molecule has 1 aromatic rings. The lowest BCUT2D eigenvalue weighted by molar-refractivity contribution is -0.0497. The van der Waals surface area contributed by atoms with Crippen molar-refractivity contribution in [3.8, 4) is 5.75 Å². The number of ether oxygens (including phenoxy) is 1. The van der Waals surface area contributed by atoms with Gasteiger partial charge in [0.25, 0.3) is 0 Å². The Balaban J connectivity index is 2.94. The third-order valence-electron chi connectivity index (χ3n) is 1.19. The SMILES string of the molecule is [2H]c1c(OC(F)F)ccc[c]1[Mg][Cl]. The molecule has 5 heteroatoms. The minimum Gasteiger partial charge on any atom is -0.435 e. The number of benzene rings is 1. The summed E-state index contributed by atoms with van der Waals surface area (Å²) < 4.78 is 35.8. The van der Waals surface area contributed by atoms with Crippen LogP contribution in [0.3, 0.4) is 0 Å². The van der Waals surface area contributed by atoms with Crippen LogP contribution in [0.4, 0.5) is 8.78 Å². The number of alkyl halides is 2. The van der Waals surface area contributed by atoms with Crippen molar-refractivity contribution in [1.29, 1.82) is 0 Å². The number of halogens is 3. The molecule has 0 unspecified atom stereocenters. The monoisotopic (exact) mass is 203 g/mol. The van der Waals surface area contributed by atoms with Crippen LogP contribution < -0.4 is 8.43 Å². The normalized spacial score (nSPS) is 10.8. The standard InChI is InChI=1S/C7H5F2O.ClH.Mg/c8-7(9)10-6-4-2-1-3-5-6;;/h1-2,4-5,7H;1H;/q;;+1/p-1/i5D;;. The van der Waals surface area contributed by atoms with Crippen LogP contribution in [0.2, 0.25) is 0 Å². The van der Waals surface area contributed by atoms with Crippen molar-refractivity contribution >= 4 is 32.0 Å². The van der Waals surface area contributed by atoms with Crippen LogP contribution in [-0.4, -0.2) is 25.9 Å². The Morgan fingerprint density at radius 1 is 1.58 bits per heavy atom. The van der Waals surface area contributed by atoms with E-state index in [-0.39, 0.29) is 11.8 Å². The van der Waals surface area contributed by atoms with Crippen molar-refractivity contribution < 1.29 is 14.9 Å². The molecule has 0 atom stereocenters. The van der Waals surface area contributed by atoms with Gasteiger partial charge in [-0.2, -0.15) is 8.78 Å². The predicted molar refractivity (Wildman–Crippen MR) is 44.3 cm³/mol. The first-order valence-corrected chi connectivity index (χ1v) is 6.09. The average molecular weight is 204 g/mol. The quantitative estimate of drug-likeness (QED) is 0.681. The minimum absolute atomic E-state index is 0.0236. The van der Waals surface area contributed by atoms with E-state index in [1.165, 1.54) is 6.07 Å². The fourth-order valence-electron chi connectivity index (χ4n) is 0.736. The smallest absolute Gasteiger partial charge is 0.435 e. The molecule has 0 spiro atoms. The molecule has 62 valence electrons. The van der Waals surface area contributed by atoms with E-state index in [1.807, 2.05) is 0 Å². The number of hydrogen-bond donors (Lipinski definition) is 0. The molecule has 0 amide bonds. The Labute approximate surface area is 83.6 Å². The summed E-state index contributed by atoms with van der Waals surface area (Å²) >= 11 is -1.03. The Morgan fingerprint density at radius 2 is 2.33 bits per heavy atom. The van der Waals surface area contributed by atoms with E-state index in [4.69, 9.17) is 10.4 Å². The van der Waals surface area contributed by atoms with Crippen LogP contribution in [0.15, 0.2) is 24.2 Å². The Kier molecular flexibility index (Phi) is 3.44. The molecule has 1 rings (SSSR count). The van der Waals surface area contributed by atoms with Gasteiger partial charge in [0.1, 0.15) is 5.75 Å². The van der Waals surface area contributed by atoms with Crippen molar-refractivity contribution in [3.05, 3.63) is 24.2 Å². The first-order chi connectivity index (χ1) is 6.15. The molecule has 0 aromatic heterocycles. The molecule has 1 nitrogen and oxygen atoms in total. The largest absolute Gasteiger partial charge is 0.538 e. The van der Waals surface area contributed by atoms with Gasteiger partial charge in [-0.05, 0) is 12.1 Å². The van der Waals surface area contributed by atoms with E-state index in [0.29, 0.717) is 3.69 Å². The third-order valence-corrected chi connectivity index (χ3v) is 2.75. The summed E-state index contributed by atoms with van der Waals surface area (Å²) in [5.74, 6) is -0.111. The van der Waals surface area contributed by atoms with E-state index in [2.05, 4.69) is 4.74 Å². The van der Waals surface area contributed by atoms with Crippen molar-refractivity contribution in [2.24, 2.45) is 0 Å². The summed E-state index contributed by atoms with van der Waals surface area (Å²) in [6, 6.07) is 4.52. The molecular weight excluding hydrogens is 198 g/mol. The van der Waals surface area contributed by atoms with Gasteiger partial charge in [-0.25, -0.2) is 0 Å². The second-order valence-electron chi connectivity index (χ2n) is 2.05. The van der Waals surface area contributed by atoms with Gasteiger partial charge in [0, 0.05) is 0 Å². The molecule has 0 bridgehead atoms. The van der Waals surface area contributed by atoms with Gasteiger partial charge in [-0.15, -0.1) is 3.69 Å². The summed E-state index contributed by atoms with van der Waals surface area (Å²) in [6.45, 7) is -2.89. The molecule has 0 saturated carbocycles. The van der Waals surface area contributed by atoms with Crippen LogP contribution in [-0.2, 0) is 0 Å². The first-order valence-electron chi connectivity index (χ1n) is 3.74. The summed E-state index contributed by atoms with van der Waals surface area (Å²) in [5, 5.41) is 0. The minimum atomic E-state index is -2.89. The fraction of sp³-hybridized carbons (Fsp3) is 0.143. The highest BCUT2D eigenvalue weighted by Gasteiger charge is 2.04. The van der Waals surface area contributed by atoms with Crippen molar-refractivity contribution in [3.63, 3.8) is 0 Å². The Bertz CT molecular complexity index is 298. The second-order valence-corrected chi connectivity index (χ2v) is 3.88. The van der Waals surface area contributed by atoms with E-state index in [0.717, 1.165) is 0 Å². The molecular formula is C7H5ClF2MgO. The van der Waals surface area contributed by atoms with Gasteiger partial charge >= 0.3 is 25.9 Å². The molecule has 12 heavy (non-hydrogen) atoms. The molecule has 0 fully saturated rings. The highest BCUT2D eigenvalue weighted by atomic mass is 35.5. The van der Waals surface area contributed by atoms with Gasteiger partial charge in [0.2, 0.25) is 0 Å². The van der Waals surface area contributed by atoms with Crippen LogP contribution in [0.1, 0.15) is 1.37 Å². The molecule has 0 aliphatic heterocycles. The van der Waals surface area contributed by atoms with E-state index in [9.17, 15) is 8.78 Å². The average Bonchev–Trinajstić information content (AvgIpc) is 2.08. The van der Waals surface area contributed by atoms with Crippen LogP contribution in [0.25, 0.3) is 0 Å².